The molecule has 118 valence electrons. The predicted octanol–water partition coefficient (Wildman–Crippen LogP) is 3.64. The quantitative estimate of drug-likeness (QED) is 0.836. The maximum atomic E-state index is 12.5. The lowest BCUT2D eigenvalue weighted by atomic mass is 10.0. The second-order valence-electron chi connectivity index (χ2n) is 7.05. The third kappa shape index (κ3) is 2.60. The fourth-order valence-electron chi connectivity index (χ4n) is 3.14. The van der Waals surface area contributed by atoms with Crippen molar-refractivity contribution in [3.63, 3.8) is 0 Å². The number of rotatable bonds is 4. The van der Waals surface area contributed by atoms with Crippen LogP contribution in [0.3, 0.4) is 0 Å². The van der Waals surface area contributed by atoms with Crippen molar-refractivity contribution in [3.05, 3.63) is 15.4 Å². The fraction of sp³-hybridized carbons (Fsp3) is 0.750. The van der Waals surface area contributed by atoms with E-state index in [1.54, 1.807) is 0 Å². The van der Waals surface area contributed by atoms with Gasteiger partial charge in [0.05, 0.1) is 12.6 Å². The van der Waals surface area contributed by atoms with Crippen LogP contribution in [0.4, 0.5) is 4.39 Å². The number of nitrogens with zero attached hydrogens (tertiary/aromatic N) is 2. The molecule has 1 aromatic heterocycles. The van der Waals surface area contributed by atoms with Crippen molar-refractivity contribution < 1.29 is 9.18 Å². The average molecular weight is 312 g/mol. The number of thiazole rings is 1. The molecule has 1 aliphatic carbocycles. The van der Waals surface area contributed by atoms with Crippen LogP contribution in [-0.4, -0.2) is 17.1 Å². The zero-order valence-corrected chi connectivity index (χ0v) is 14.6. The Bertz CT molecular complexity index is 611. The summed E-state index contributed by atoms with van der Waals surface area (Å²) in [5, 5.41) is 0. The lowest BCUT2D eigenvalue weighted by molar-refractivity contribution is -0.120. The zero-order valence-electron chi connectivity index (χ0n) is 13.8. The molecule has 0 atom stereocenters. The van der Waals surface area contributed by atoms with E-state index in [2.05, 4.69) is 32.7 Å². The number of carbonyl (C=O) groups excluding carboxylic acids is 1. The number of amides is 1. The molecule has 5 heteroatoms. The first-order valence-corrected chi connectivity index (χ1v) is 8.27. The van der Waals surface area contributed by atoms with Gasteiger partial charge in [0, 0.05) is 17.1 Å². The number of alkyl halides is 1. The van der Waals surface area contributed by atoms with E-state index in [4.69, 9.17) is 0 Å². The van der Waals surface area contributed by atoms with Gasteiger partial charge in [-0.15, -0.1) is 11.3 Å². The molecule has 0 N–H and O–H groups in total. The fourth-order valence-corrected chi connectivity index (χ4v) is 4.14. The Morgan fingerprint density at radius 2 is 1.86 bits per heavy atom. The highest BCUT2D eigenvalue weighted by molar-refractivity contribution is 7.09. The van der Waals surface area contributed by atoms with Crippen LogP contribution in [0, 0.1) is 30.6 Å². The van der Waals surface area contributed by atoms with E-state index in [-0.39, 0.29) is 29.3 Å². The van der Waals surface area contributed by atoms with Crippen molar-refractivity contribution in [3.8, 4) is 0 Å². The molecule has 0 unspecified atom stereocenters. The summed E-state index contributed by atoms with van der Waals surface area (Å²) in [5.74, 6) is -0.0671. The van der Waals surface area contributed by atoms with Crippen LogP contribution in [0.5, 0.6) is 0 Å². The van der Waals surface area contributed by atoms with Gasteiger partial charge in [0.15, 0.2) is 4.80 Å². The van der Waals surface area contributed by atoms with E-state index in [9.17, 15) is 9.18 Å². The van der Waals surface area contributed by atoms with Gasteiger partial charge in [-0.3, -0.25) is 9.18 Å². The molecule has 0 bridgehead atoms. The van der Waals surface area contributed by atoms with Crippen molar-refractivity contribution in [1.29, 1.82) is 0 Å². The molecular weight excluding hydrogens is 287 g/mol. The summed E-state index contributed by atoms with van der Waals surface area (Å²) in [7, 11) is 0. The number of hydrogen-bond donors (Lipinski definition) is 0. The van der Waals surface area contributed by atoms with Crippen LogP contribution in [0.1, 0.15) is 44.7 Å². The maximum Gasteiger partial charge on any atom is 0.252 e. The van der Waals surface area contributed by atoms with Crippen LogP contribution in [0.2, 0.25) is 0 Å². The first kappa shape index (κ1) is 16.4. The highest BCUT2D eigenvalue weighted by Gasteiger charge is 2.68. The number of carbonyl (C=O) groups is 1. The molecule has 1 heterocycles. The summed E-state index contributed by atoms with van der Waals surface area (Å²) in [6, 6.07) is 0. The second-order valence-corrected chi connectivity index (χ2v) is 8.23. The monoisotopic (exact) mass is 312 g/mol. The summed E-state index contributed by atoms with van der Waals surface area (Å²) >= 11 is 1.52. The topological polar surface area (TPSA) is 34.4 Å². The molecule has 1 amide bonds. The van der Waals surface area contributed by atoms with Crippen LogP contribution in [-0.2, 0) is 11.3 Å². The van der Waals surface area contributed by atoms with Crippen LogP contribution in [0.25, 0.3) is 0 Å². The van der Waals surface area contributed by atoms with Crippen molar-refractivity contribution in [1.82, 2.24) is 4.57 Å². The van der Waals surface area contributed by atoms with Gasteiger partial charge in [-0.1, -0.05) is 27.7 Å². The highest BCUT2D eigenvalue weighted by Crippen LogP contribution is 2.68. The van der Waals surface area contributed by atoms with Gasteiger partial charge in [0.1, 0.15) is 0 Å². The molecule has 0 radical (unpaired) electrons. The Morgan fingerprint density at radius 3 is 2.33 bits per heavy atom. The number of hydrogen-bond acceptors (Lipinski definition) is 2. The van der Waals surface area contributed by atoms with Gasteiger partial charge in [0.25, 0.3) is 5.91 Å². The summed E-state index contributed by atoms with van der Waals surface area (Å²) in [6.45, 7) is 12.7. The molecule has 1 saturated carbocycles. The zero-order chi connectivity index (χ0) is 16.0. The summed E-state index contributed by atoms with van der Waals surface area (Å²) in [4.78, 5) is 18.7. The van der Waals surface area contributed by atoms with E-state index < -0.39 is 0 Å². The van der Waals surface area contributed by atoms with Crippen molar-refractivity contribution in [2.45, 2.75) is 54.5 Å². The number of aromatic nitrogens is 1. The minimum atomic E-state index is -0.350. The lowest BCUT2D eigenvalue weighted by Gasteiger charge is -2.04. The molecule has 1 aliphatic rings. The first-order chi connectivity index (χ1) is 9.64. The molecule has 3 nitrogen and oxygen atoms in total. The van der Waals surface area contributed by atoms with Gasteiger partial charge in [-0.05, 0) is 31.1 Å². The Kier molecular flexibility index (Phi) is 4.17. The van der Waals surface area contributed by atoms with Crippen molar-refractivity contribution in [2.75, 3.05) is 6.67 Å². The number of halogens is 1. The molecular formula is C16H25FN2OS. The molecule has 2 rings (SSSR count). The van der Waals surface area contributed by atoms with Gasteiger partial charge in [0.2, 0.25) is 0 Å². The van der Waals surface area contributed by atoms with Crippen LogP contribution >= 0.6 is 11.3 Å². The van der Waals surface area contributed by atoms with Gasteiger partial charge < -0.3 is 4.57 Å². The Balaban J connectivity index is 2.34. The smallest absolute Gasteiger partial charge is 0.252 e. The normalized spacial score (nSPS) is 20.8. The van der Waals surface area contributed by atoms with E-state index in [0.717, 1.165) is 10.6 Å². The minimum Gasteiger partial charge on any atom is -0.321 e. The molecule has 0 saturated heterocycles. The second kappa shape index (κ2) is 5.34. The lowest BCUT2D eigenvalue weighted by Crippen LogP contribution is -2.20. The summed E-state index contributed by atoms with van der Waals surface area (Å²) < 4.78 is 14.4. The standard InChI is InChI=1S/C16H25FN2OS/c1-10-11(2)21-14(19(10)9-7-8-17)18-13(20)12-15(3,4)16(12,5)6/h12H,7-9H2,1-6H3/b18-14-. The van der Waals surface area contributed by atoms with Gasteiger partial charge >= 0.3 is 0 Å². The summed E-state index contributed by atoms with van der Waals surface area (Å²) in [5.41, 5.74) is 1.08. The molecule has 0 aromatic carbocycles. The van der Waals surface area contributed by atoms with E-state index in [1.165, 1.54) is 11.3 Å². The van der Waals surface area contributed by atoms with Crippen molar-refractivity contribution >= 4 is 17.2 Å². The first-order valence-electron chi connectivity index (χ1n) is 7.46. The molecule has 0 aliphatic heterocycles. The van der Waals surface area contributed by atoms with E-state index in [0.29, 0.717) is 17.8 Å². The Labute approximate surface area is 129 Å². The molecule has 1 aromatic rings. The molecule has 0 spiro atoms. The van der Waals surface area contributed by atoms with E-state index >= 15 is 0 Å². The van der Waals surface area contributed by atoms with Crippen LogP contribution in [0.15, 0.2) is 4.99 Å². The summed E-state index contributed by atoms with van der Waals surface area (Å²) in [6.07, 6.45) is 0.457. The largest absolute Gasteiger partial charge is 0.321 e. The minimum absolute atomic E-state index is 0.00129. The third-order valence-electron chi connectivity index (χ3n) is 5.38. The van der Waals surface area contributed by atoms with Gasteiger partial charge in [-0.25, -0.2) is 0 Å². The molecule has 1 fully saturated rings. The van der Waals surface area contributed by atoms with Gasteiger partial charge in [-0.2, -0.15) is 4.99 Å². The number of aryl methyl sites for hydroxylation is 1. The third-order valence-corrected chi connectivity index (χ3v) is 6.47. The van der Waals surface area contributed by atoms with Crippen molar-refractivity contribution in [2.24, 2.45) is 21.7 Å². The maximum absolute atomic E-state index is 12.5. The Hall–Kier alpha value is -0.970. The highest BCUT2D eigenvalue weighted by atomic mass is 32.1. The molecule has 21 heavy (non-hydrogen) atoms. The average Bonchev–Trinajstić information content (AvgIpc) is 2.62. The predicted molar refractivity (Wildman–Crippen MR) is 84.0 cm³/mol. The Morgan fingerprint density at radius 1 is 1.29 bits per heavy atom. The SMILES string of the molecule is Cc1s/c(=N\C(=O)C2C(C)(C)C2(C)C)n(CCCF)c1C. The van der Waals surface area contributed by atoms with Crippen LogP contribution < -0.4 is 4.80 Å². The van der Waals surface area contributed by atoms with E-state index in [1.807, 2.05) is 18.4 Å².